The summed E-state index contributed by atoms with van der Waals surface area (Å²) in [6.07, 6.45) is 0. The molecule has 1 amide bonds. The summed E-state index contributed by atoms with van der Waals surface area (Å²) in [6.45, 7) is 2.87. The fourth-order valence-corrected chi connectivity index (χ4v) is 3.06. The fraction of sp³-hybridized carbons (Fsp3) is 0.316. The summed E-state index contributed by atoms with van der Waals surface area (Å²) in [5, 5.41) is 0. The van der Waals surface area contributed by atoms with Crippen molar-refractivity contribution in [2.45, 2.75) is 6.04 Å². The zero-order valence-electron chi connectivity index (χ0n) is 13.9. The predicted octanol–water partition coefficient (Wildman–Crippen LogP) is 2.04. The van der Waals surface area contributed by atoms with E-state index in [1.807, 2.05) is 59.5 Å². The zero-order valence-corrected chi connectivity index (χ0v) is 13.9. The minimum atomic E-state index is -0.594. The van der Waals surface area contributed by atoms with Gasteiger partial charge in [0.25, 0.3) is 0 Å². The van der Waals surface area contributed by atoms with Crippen molar-refractivity contribution in [1.29, 1.82) is 0 Å². The third-order valence-electron chi connectivity index (χ3n) is 4.44. The van der Waals surface area contributed by atoms with Crippen molar-refractivity contribution in [1.82, 2.24) is 4.90 Å². The van der Waals surface area contributed by atoms with Gasteiger partial charge in [0.05, 0.1) is 12.8 Å². The van der Waals surface area contributed by atoms with Gasteiger partial charge in [0.1, 0.15) is 11.8 Å². The van der Waals surface area contributed by atoms with Gasteiger partial charge < -0.3 is 20.3 Å². The van der Waals surface area contributed by atoms with Gasteiger partial charge in [-0.05, 0) is 17.7 Å². The minimum Gasteiger partial charge on any atom is -0.495 e. The summed E-state index contributed by atoms with van der Waals surface area (Å²) in [7, 11) is 1.68. The number of carbonyl (C=O) groups is 1. The van der Waals surface area contributed by atoms with Crippen LogP contribution in [0.5, 0.6) is 5.75 Å². The van der Waals surface area contributed by atoms with Crippen LogP contribution in [0.2, 0.25) is 0 Å². The summed E-state index contributed by atoms with van der Waals surface area (Å²) in [6, 6.07) is 16.9. The summed E-state index contributed by atoms with van der Waals surface area (Å²) in [4.78, 5) is 16.7. The first kappa shape index (κ1) is 16.3. The van der Waals surface area contributed by atoms with Crippen LogP contribution in [-0.2, 0) is 4.79 Å². The van der Waals surface area contributed by atoms with Crippen molar-refractivity contribution in [3.8, 4) is 5.75 Å². The number of para-hydroxylation sites is 2. The van der Waals surface area contributed by atoms with Gasteiger partial charge >= 0.3 is 0 Å². The van der Waals surface area contributed by atoms with E-state index in [4.69, 9.17) is 10.5 Å². The summed E-state index contributed by atoms with van der Waals surface area (Å²) < 4.78 is 5.43. The molecule has 0 bridgehead atoms. The Morgan fingerprint density at radius 3 is 2.29 bits per heavy atom. The lowest BCUT2D eigenvalue weighted by molar-refractivity contribution is -0.133. The number of hydrogen-bond acceptors (Lipinski definition) is 4. The lowest BCUT2D eigenvalue weighted by atomic mass is 10.1. The van der Waals surface area contributed by atoms with Crippen molar-refractivity contribution in [2.24, 2.45) is 5.73 Å². The number of methoxy groups -OCH3 is 1. The molecule has 0 aliphatic carbocycles. The largest absolute Gasteiger partial charge is 0.495 e. The molecule has 0 radical (unpaired) electrons. The average molecular weight is 325 g/mol. The Morgan fingerprint density at radius 2 is 1.62 bits per heavy atom. The predicted molar refractivity (Wildman–Crippen MR) is 95.2 cm³/mol. The highest BCUT2D eigenvalue weighted by Crippen LogP contribution is 2.28. The number of anilines is 1. The third-order valence-corrected chi connectivity index (χ3v) is 4.44. The maximum atomic E-state index is 12.6. The van der Waals surface area contributed by atoms with Crippen molar-refractivity contribution in [2.75, 3.05) is 38.2 Å². The van der Waals surface area contributed by atoms with Crippen LogP contribution in [0.25, 0.3) is 0 Å². The Labute approximate surface area is 142 Å². The normalized spacial score (nSPS) is 15.9. The first-order valence-corrected chi connectivity index (χ1v) is 8.18. The minimum absolute atomic E-state index is 0.0131. The molecule has 2 aromatic carbocycles. The molecule has 5 nitrogen and oxygen atoms in total. The molecular weight excluding hydrogens is 302 g/mol. The molecule has 2 N–H and O–H groups in total. The van der Waals surface area contributed by atoms with Crippen molar-refractivity contribution >= 4 is 11.6 Å². The van der Waals surface area contributed by atoms with Crippen LogP contribution in [-0.4, -0.2) is 44.1 Å². The Hall–Kier alpha value is -2.53. The Kier molecular flexibility index (Phi) is 5.01. The number of carbonyl (C=O) groups excluding carboxylic acids is 1. The first-order chi connectivity index (χ1) is 11.7. The maximum Gasteiger partial charge on any atom is 0.244 e. The van der Waals surface area contributed by atoms with E-state index in [0.717, 1.165) is 30.1 Å². The number of hydrogen-bond donors (Lipinski definition) is 1. The van der Waals surface area contributed by atoms with E-state index >= 15 is 0 Å². The van der Waals surface area contributed by atoms with E-state index in [2.05, 4.69) is 4.90 Å². The van der Waals surface area contributed by atoms with E-state index in [1.165, 1.54) is 0 Å². The van der Waals surface area contributed by atoms with Gasteiger partial charge in [-0.25, -0.2) is 0 Å². The van der Waals surface area contributed by atoms with Crippen LogP contribution in [0.3, 0.4) is 0 Å². The highest BCUT2D eigenvalue weighted by Gasteiger charge is 2.26. The van der Waals surface area contributed by atoms with Gasteiger partial charge in [-0.2, -0.15) is 0 Å². The number of rotatable bonds is 4. The number of ether oxygens (including phenoxy) is 1. The second-order valence-electron chi connectivity index (χ2n) is 5.87. The zero-order chi connectivity index (χ0) is 16.9. The summed E-state index contributed by atoms with van der Waals surface area (Å²) in [5.74, 6) is 0.846. The van der Waals surface area contributed by atoms with Gasteiger partial charge in [0.15, 0.2) is 0 Å². The molecule has 5 heteroatoms. The van der Waals surface area contributed by atoms with Crippen LogP contribution in [0.15, 0.2) is 54.6 Å². The fourth-order valence-electron chi connectivity index (χ4n) is 3.06. The molecule has 1 heterocycles. The Morgan fingerprint density at radius 1 is 1.00 bits per heavy atom. The Balaban J connectivity index is 1.63. The van der Waals surface area contributed by atoms with Gasteiger partial charge in [-0.3, -0.25) is 4.79 Å². The lowest BCUT2D eigenvalue weighted by Gasteiger charge is -2.37. The number of nitrogens with two attached hydrogens (primary N) is 1. The van der Waals surface area contributed by atoms with Crippen LogP contribution in [0.4, 0.5) is 5.69 Å². The smallest absolute Gasteiger partial charge is 0.244 e. The molecule has 2 aromatic rings. The van der Waals surface area contributed by atoms with E-state index in [1.54, 1.807) is 7.11 Å². The standard InChI is InChI=1S/C19H23N3O2/c1-24-17-10-6-5-9-16(17)21-11-13-22(14-12-21)19(23)18(20)15-7-3-2-4-8-15/h2-10,18H,11-14,20H2,1H3/t18-/m0/s1. The third kappa shape index (κ3) is 3.36. The van der Waals surface area contributed by atoms with Crippen molar-refractivity contribution < 1.29 is 9.53 Å². The highest BCUT2D eigenvalue weighted by molar-refractivity contribution is 5.83. The van der Waals surface area contributed by atoms with Crippen LogP contribution >= 0.6 is 0 Å². The second kappa shape index (κ2) is 7.36. The molecule has 126 valence electrons. The monoisotopic (exact) mass is 325 g/mol. The first-order valence-electron chi connectivity index (χ1n) is 8.18. The van der Waals surface area contributed by atoms with Crippen LogP contribution < -0.4 is 15.4 Å². The molecule has 1 aliphatic rings. The second-order valence-corrected chi connectivity index (χ2v) is 5.87. The van der Waals surface area contributed by atoms with Crippen LogP contribution in [0.1, 0.15) is 11.6 Å². The molecular formula is C19H23N3O2. The highest BCUT2D eigenvalue weighted by atomic mass is 16.5. The number of nitrogens with zero attached hydrogens (tertiary/aromatic N) is 2. The van der Waals surface area contributed by atoms with E-state index < -0.39 is 6.04 Å². The SMILES string of the molecule is COc1ccccc1N1CCN(C(=O)[C@@H](N)c2ccccc2)CC1. The Bertz CT molecular complexity index is 682. The molecule has 3 rings (SSSR count). The topological polar surface area (TPSA) is 58.8 Å². The summed E-state index contributed by atoms with van der Waals surface area (Å²) in [5.41, 5.74) is 8.06. The number of piperazine rings is 1. The molecule has 1 atom stereocenters. The van der Waals surface area contributed by atoms with E-state index in [9.17, 15) is 4.79 Å². The lowest BCUT2D eigenvalue weighted by Crippen LogP contribution is -2.51. The van der Waals surface area contributed by atoms with Crippen LogP contribution in [0, 0.1) is 0 Å². The van der Waals surface area contributed by atoms with Gasteiger partial charge in [-0.15, -0.1) is 0 Å². The molecule has 0 aromatic heterocycles. The molecule has 0 unspecified atom stereocenters. The van der Waals surface area contributed by atoms with Gasteiger partial charge in [0.2, 0.25) is 5.91 Å². The molecule has 1 aliphatic heterocycles. The maximum absolute atomic E-state index is 12.6. The van der Waals surface area contributed by atoms with Gasteiger partial charge in [0, 0.05) is 26.2 Å². The van der Waals surface area contributed by atoms with E-state index in [-0.39, 0.29) is 5.91 Å². The van der Waals surface area contributed by atoms with Crippen molar-refractivity contribution in [3.05, 3.63) is 60.2 Å². The van der Waals surface area contributed by atoms with Crippen molar-refractivity contribution in [3.63, 3.8) is 0 Å². The number of benzene rings is 2. The molecule has 24 heavy (non-hydrogen) atoms. The quantitative estimate of drug-likeness (QED) is 0.935. The van der Waals surface area contributed by atoms with E-state index in [0.29, 0.717) is 13.1 Å². The molecule has 1 saturated heterocycles. The molecule has 0 saturated carbocycles. The average Bonchev–Trinajstić information content (AvgIpc) is 2.67. The summed E-state index contributed by atoms with van der Waals surface area (Å²) >= 11 is 0. The number of amides is 1. The molecule has 1 fully saturated rings. The molecule has 0 spiro atoms. The van der Waals surface area contributed by atoms with Gasteiger partial charge in [-0.1, -0.05) is 42.5 Å².